The van der Waals surface area contributed by atoms with Gasteiger partial charge in [-0.1, -0.05) is 25.1 Å². The van der Waals surface area contributed by atoms with E-state index >= 15 is 0 Å². The molecule has 1 atom stereocenters. The van der Waals surface area contributed by atoms with E-state index in [2.05, 4.69) is 26.2 Å². The highest BCUT2D eigenvalue weighted by atomic mass is 79.9. The van der Waals surface area contributed by atoms with E-state index in [9.17, 15) is 4.79 Å². The molecule has 1 heterocycles. The van der Waals surface area contributed by atoms with E-state index in [-0.39, 0.29) is 11.9 Å². The third kappa shape index (κ3) is 6.23. The first-order chi connectivity index (χ1) is 15.5. The smallest absolute Gasteiger partial charge is 0.251 e. The van der Waals surface area contributed by atoms with Crippen LogP contribution in [0, 0.1) is 0 Å². The van der Waals surface area contributed by atoms with Crippen LogP contribution < -0.4 is 19.5 Å². The second-order valence-corrected chi connectivity index (χ2v) is 8.07. The van der Waals surface area contributed by atoms with E-state index in [0.29, 0.717) is 34.7 Å². The number of pyridine rings is 1. The van der Waals surface area contributed by atoms with Crippen molar-refractivity contribution in [3.05, 3.63) is 82.1 Å². The van der Waals surface area contributed by atoms with Crippen molar-refractivity contribution >= 4 is 21.8 Å². The number of carbonyl (C=O) groups is 1. The summed E-state index contributed by atoms with van der Waals surface area (Å²) in [6.45, 7) is 4.91. The molecular formula is C25H27BrN2O4. The van der Waals surface area contributed by atoms with Crippen molar-refractivity contribution in [2.75, 3.05) is 13.7 Å². The van der Waals surface area contributed by atoms with Gasteiger partial charge in [0, 0.05) is 11.8 Å². The van der Waals surface area contributed by atoms with Crippen LogP contribution in [-0.4, -0.2) is 24.6 Å². The van der Waals surface area contributed by atoms with Gasteiger partial charge in [-0.15, -0.1) is 0 Å². The molecule has 0 bridgehead atoms. The van der Waals surface area contributed by atoms with E-state index < -0.39 is 0 Å². The van der Waals surface area contributed by atoms with E-state index in [0.717, 1.165) is 23.4 Å². The van der Waals surface area contributed by atoms with Gasteiger partial charge in [-0.05, 0) is 71.2 Å². The summed E-state index contributed by atoms with van der Waals surface area (Å²) in [7, 11) is 1.56. The fourth-order valence-corrected chi connectivity index (χ4v) is 3.63. The molecule has 0 aliphatic carbocycles. The van der Waals surface area contributed by atoms with Crippen molar-refractivity contribution < 1.29 is 19.0 Å². The molecule has 0 saturated heterocycles. The summed E-state index contributed by atoms with van der Waals surface area (Å²) in [5.41, 5.74) is 2.27. The summed E-state index contributed by atoms with van der Waals surface area (Å²) in [5, 5.41) is 3.03. The summed E-state index contributed by atoms with van der Waals surface area (Å²) in [4.78, 5) is 17.2. The highest BCUT2D eigenvalue weighted by Gasteiger charge is 2.18. The SMILES string of the molecule is CCCOc1c(Br)cc(C(=O)NC(C)c2cccc(OCc3ccccn3)c2)cc1OC. The standard InChI is InChI=1S/C25H27BrN2O4/c1-4-12-31-24-22(26)14-19(15-23(24)30-3)25(29)28-17(2)18-8-7-10-21(13-18)32-16-20-9-5-6-11-27-20/h5-11,13-15,17H,4,12,16H2,1-3H3,(H,28,29). The maximum absolute atomic E-state index is 12.9. The molecule has 1 unspecified atom stereocenters. The van der Waals surface area contributed by atoms with Gasteiger partial charge in [-0.3, -0.25) is 9.78 Å². The van der Waals surface area contributed by atoms with Crippen molar-refractivity contribution in [3.8, 4) is 17.2 Å². The van der Waals surface area contributed by atoms with Crippen LogP contribution in [0.2, 0.25) is 0 Å². The van der Waals surface area contributed by atoms with Gasteiger partial charge in [0.2, 0.25) is 0 Å². The van der Waals surface area contributed by atoms with Crippen LogP contribution in [0.1, 0.15) is 47.9 Å². The number of methoxy groups -OCH3 is 1. The number of nitrogens with one attached hydrogen (secondary N) is 1. The summed E-state index contributed by atoms with van der Waals surface area (Å²) in [5.74, 6) is 1.61. The normalized spacial score (nSPS) is 11.5. The number of hydrogen-bond donors (Lipinski definition) is 1. The zero-order valence-electron chi connectivity index (χ0n) is 18.4. The van der Waals surface area contributed by atoms with Gasteiger partial charge in [0.25, 0.3) is 5.91 Å². The van der Waals surface area contributed by atoms with Gasteiger partial charge in [-0.2, -0.15) is 0 Å². The van der Waals surface area contributed by atoms with Crippen LogP contribution >= 0.6 is 15.9 Å². The highest BCUT2D eigenvalue weighted by Crippen LogP contribution is 2.37. The number of rotatable bonds is 10. The lowest BCUT2D eigenvalue weighted by Crippen LogP contribution is -2.26. The number of nitrogens with zero attached hydrogens (tertiary/aromatic N) is 1. The Kier molecular flexibility index (Phi) is 8.50. The predicted octanol–water partition coefficient (Wildman–Crippen LogP) is 5.71. The Balaban J connectivity index is 1.68. The van der Waals surface area contributed by atoms with E-state index in [1.165, 1.54) is 0 Å². The molecule has 0 radical (unpaired) electrons. The molecule has 0 spiro atoms. The van der Waals surface area contributed by atoms with Crippen LogP contribution in [0.25, 0.3) is 0 Å². The quantitative estimate of drug-likeness (QED) is 0.387. The fraction of sp³-hybridized carbons (Fsp3) is 0.280. The lowest BCUT2D eigenvalue weighted by atomic mass is 10.1. The summed E-state index contributed by atoms with van der Waals surface area (Å²) in [6, 6.07) is 16.6. The van der Waals surface area contributed by atoms with Crippen LogP contribution in [0.3, 0.4) is 0 Å². The number of aromatic nitrogens is 1. The zero-order valence-corrected chi connectivity index (χ0v) is 20.0. The molecule has 32 heavy (non-hydrogen) atoms. The monoisotopic (exact) mass is 498 g/mol. The summed E-state index contributed by atoms with van der Waals surface area (Å²) >= 11 is 3.49. The van der Waals surface area contributed by atoms with E-state index in [1.54, 1.807) is 25.4 Å². The molecule has 0 fully saturated rings. The predicted molar refractivity (Wildman–Crippen MR) is 127 cm³/mol. The van der Waals surface area contributed by atoms with Gasteiger partial charge in [0.05, 0.1) is 29.9 Å². The number of carbonyl (C=O) groups excluding carboxylic acids is 1. The van der Waals surface area contributed by atoms with E-state index in [4.69, 9.17) is 14.2 Å². The van der Waals surface area contributed by atoms with Crippen molar-refractivity contribution in [1.29, 1.82) is 0 Å². The van der Waals surface area contributed by atoms with Gasteiger partial charge in [-0.25, -0.2) is 0 Å². The minimum Gasteiger partial charge on any atom is -0.493 e. The molecular weight excluding hydrogens is 472 g/mol. The molecule has 3 aromatic rings. The molecule has 6 nitrogen and oxygen atoms in total. The summed E-state index contributed by atoms with van der Waals surface area (Å²) in [6.07, 6.45) is 2.61. The third-order valence-corrected chi connectivity index (χ3v) is 5.35. The number of benzene rings is 2. The Morgan fingerprint density at radius 3 is 2.69 bits per heavy atom. The number of amides is 1. The van der Waals surface area contributed by atoms with Crippen molar-refractivity contribution in [2.45, 2.75) is 32.9 Å². The van der Waals surface area contributed by atoms with Crippen LogP contribution in [0.4, 0.5) is 0 Å². The summed E-state index contributed by atoms with van der Waals surface area (Å²) < 4.78 is 17.7. The topological polar surface area (TPSA) is 69.7 Å². The van der Waals surface area contributed by atoms with Crippen molar-refractivity contribution in [3.63, 3.8) is 0 Å². The van der Waals surface area contributed by atoms with Gasteiger partial charge in [0.15, 0.2) is 11.5 Å². The second-order valence-electron chi connectivity index (χ2n) is 7.22. The molecule has 1 aromatic heterocycles. The molecule has 0 aliphatic heterocycles. The minimum atomic E-state index is -0.221. The first kappa shape index (κ1) is 23.6. The molecule has 0 saturated carbocycles. The number of hydrogen-bond acceptors (Lipinski definition) is 5. The van der Waals surface area contributed by atoms with Crippen molar-refractivity contribution in [1.82, 2.24) is 10.3 Å². The maximum Gasteiger partial charge on any atom is 0.251 e. The lowest BCUT2D eigenvalue weighted by Gasteiger charge is -2.17. The fourth-order valence-electron chi connectivity index (χ4n) is 3.07. The van der Waals surface area contributed by atoms with Crippen LogP contribution in [0.5, 0.6) is 17.2 Å². The average molecular weight is 499 g/mol. The van der Waals surface area contributed by atoms with Crippen LogP contribution in [0.15, 0.2) is 65.3 Å². The molecule has 1 amide bonds. The third-order valence-electron chi connectivity index (χ3n) is 4.76. The Labute approximate surface area is 197 Å². The largest absolute Gasteiger partial charge is 0.493 e. The second kappa shape index (κ2) is 11.5. The minimum absolute atomic E-state index is 0.210. The maximum atomic E-state index is 12.9. The molecule has 1 N–H and O–H groups in total. The first-order valence-electron chi connectivity index (χ1n) is 10.5. The molecule has 3 rings (SSSR count). The van der Waals surface area contributed by atoms with E-state index in [1.807, 2.05) is 56.3 Å². The highest BCUT2D eigenvalue weighted by molar-refractivity contribution is 9.10. The number of halogens is 1. The molecule has 2 aromatic carbocycles. The number of ether oxygens (including phenoxy) is 3. The Bertz CT molecular complexity index is 1040. The molecule has 7 heteroatoms. The molecule has 168 valence electrons. The Morgan fingerprint density at radius 2 is 1.97 bits per heavy atom. The lowest BCUT2D eigenvalue weighted by molar-refractivity contribution is 0.0939. The average Bonchev–Trinajstić information content (AvgIpc) is 2.82. The van der Waals surface area contributed by atoms with Gasteiger partial charge in [0.1, 0.15) is 12.4 Å². The van der Waals surface area contributed by atoms with Crippen LogP contribution in [-0.2, 0) is 6.61 Å². The Hall–Kier alpha value is -3.06. The molecule has 0 aliphatic rings. The van der Waals surface area contributed by atoms with Gasteiger partial charge < -0.3 is 19.5 Å². The van der Waals surface area contributed by atoms with Gasteiger partial charge >= 0.3 is 0 Å². The van der Waals surface area contributed by atoms with Crippen molar-refractivity contribution in [2.24, 2.45) is 0 Å². The Morgan fingerprint density at radius 1 is 1.12 bits per heavy atom. The first-order valence-corrected chi connectivity index (χ1v) is 11.2. The zero-order chi connectivity index (χ0) is 22.9.